The van der Waals surface area contributed by atoms with Gasteiger partial charge in [0.2, 0.25) is 0 Å². The van der Waals surface area contributed by atoms with Crippen molar-refractivity contribution in [2.24, 2.45) is 5.10 Å². The van der Waals surface area contributed by atoms with Crippen LogP contribution in [-0.4, -0.2) is 25.3 Å². The third-order valence-corrected chi connectivity index (χ3v) is 3.48. The van der Waals surface area contributed by atoms with Gasteiger partial charge in [-0.25, -0.2) is 0 Å². The fourth-order valence-electron chi connectivity index (χ4n) is 2.18. The Hall–Kier alpha value is -1.05. The van der Waals surface area contributed by atoms with Crippen LogP contribution in [0.1, 0.15) is 85.3 Å². The molecule has 0 amide bonds. The van der Waals surface area contributed by atoms with E-state index in [-0.39, 0.29) is 0 Å². The summed E-state index contributed by atoms with van der Waals surface area (Å²) in [5.41, 5.74) is 0. The molecule has 0 radical (unpaired) electrons. The number of hydrazone groups is 1. The van der Waals surface area contributed by atoms with Gasteiger partial charge in [0.05, 0.1) is 1.37 Å². The smallest absolute Gasteiger partial charge is 0.0810 e. The van der Waals surface area contributed by atoms with Crippen molar-refractivity contribution < 1.29 is 1.37 Å². The summed E-state index contributed by atoms with van der Waals surface area (Å²) in [5, 5.41) is 5.76. The van der Waals surface area contributed by atoms with Gasteiger partial charge in [-0.2, -0.15) is 5.10 Å². The third-order valence-electron chi connectivity index (χ3n) is 3.48. The molecule has 2 nitrogen and oxygen atoms in total. The average Bonchev–Trinajstić information content (AvgIpc) is 2.50. The molecule has 0 aliphatic carbocycles. The molecule has 0 aliphatic heterocycles. The second-order valence-electron chi connectivity index (χ2n) is 6.07. The van der Waals surface area contributed by atoms with Crippen LogP contribution in [0.25, 0.3) is 0 Å². The normalized spacial score (nSPS) is 13.2. The average molecular weight is 308 g/mol. The first kappa shape index (κ1) is 19.0. The molecule has 0 atom stereocenters. The molecular weight excluding hydrogens is 268 g/mol. The highest BCUT2D eigenvalue weighted by Gasteiger charge is 1.87. The summed E-state index contributed by atoms with van der Waals surface area (Å²) < 4.78 is 7.65. The summed E-state index contributed by atoms with van der Waals surface area (Å²) in [4.78, 5) is 0. The Labute approximate surface area is 140 Å². The lowest BCUT2D eigenvalue weighted by molar-refractivity contribution is 0.439. The van der Waals surface area contributed by atoms with Gasteiger partial charge in [0, 0.05) is 20.3 Å². The van der Waals surface area contributed by atoms with Crippen LogP contribution in [0, 0.1) is 0 Å². The van der Waals surface area contributed by atoms with Crippen molar-refractivity contribution in [3.63, 3.8) is 0 Å². The second kappa shape index (κ2) is 18.0. The Morgan fingerprint density at radius 3 is 1.73 bits per heavy atom. The third kappa shape index (κ3) is 18.9. The highest BCUT2D eigenvalue weighted by Crippen LogP contribution is 2.06. The molecule has 128 valence electrons. The van der Waals surface area contributed by atoms with Gasteiger partial charge < -0.3 is 5.01 Å². The molecule has 0 aromatic heterocycles. The zero-order valence-corrected chi connectivity index (χ0v) is 15.2. The highest BCUT2D eigenvalue weighted by atomic mass is 15.4. The van der Waals surface area contributed by atoms with Crippen LogP contribution in [0.4, 0.5) is 0 Å². The maximum absolute atomic E-state index is 7.65. The predicted molar refractivity (Wildman–Crippen MR) is 102 cm³/mol. The van der Waals surface area contributed by atoms with E-state index in [4.69, 9.17) is 1.37 Å². The van der Waals surface area contributed by atoms with Crippen LogP contribution < -0.4 is 0 Å². The first-order chi connectivity index (χ1) is 11.2. The summed E-state index contributed by atoms with van der Waals surface area (Å²) in [6, 6.07) is 0. The van der Waals surface area contributed by atoms with Gasteiger partial charge in [-0.3, -0.25) is 0 Å². The van der Waals surface area contributed by atoms with E-state index in [1.54, 1.807) is 5.01 Å². The Kier molecular flexibility index (Phi) is 15.5. The summed E-state index contributed by atoms with van der Waals surface area (Å²) in [5.74, 6) is 0. The Morgan fingerprint density at radius 2 is 1.23 bits per heavy atom. The molecule has 0 spiro atoms. The van der Waals surface area contributed by atoms with E-state index in [1.807, 2.05) is 14.1 Å². The van der Waals surface area contributed by atoms with Crippen LogP contribution in [0.3, 0.4) is 0 Å². The first-order valence-electron chi connectivity index (χ1n) is 9.68. The monoisotopic (exact) mass is 307 g/mol. The van der Waals surface area contributed by atoms with Gasteiger partial charge in [0.25, 0.3) is 0 Å². The van der Waals surface area contributed by atoms with Crippen molar-refractivity contribution in [3.05, 3.63) is 24.3 Å². The van der Waals surface area contributed by atoms with E-state index in [0.717, 1.165) is 19.3 Å². The van der Waals surface area contributed by atoms with Crippen LogP contribution in [0.5, 0.6) is 0 Å². The lowest BCUT2D eigenvalue weighted by atomic mass is 10.1. The van der Waals surface area contributed by atoms with Gasteiger partial charge in [0.1, 0.15) is 0 Å². The maximum atomic E-state index is 7.65. The Morgan fingerprint density at radius 1 is 0.727 bits per heavy atom. The minimum Gasteiger partial charge on any atom is -0.303 e. The fourth-order valence-corrected chi connectivity index (χ4v) is 2.18. The Balaban J connectivity index is 3.33. The van der Waals surface area contributed by atoms with Crippen LogP contribution in [-0.2, 0) is 0 Å². The van der Waals surface area contributed by atoms with E-state index in [9.17, 15) is 0 Å². The van der Waals surface area contributed by atoms with Gasteiger partial charge in [-0.1, -0.05) is 50.5 Å². The van der Waals surface area contributed by atoms with E-state index < -0.39 is 0 Å². The molecule has 0 bridgehead atoms. The van der Waals surface area contributed by atoms with Gasteiger partial charge in [0.15, 0.2) is 0 Å². The number of rotatable bonds is 15. The second-order valence-corrected chi connectivity index (χ2v) is 6.07. The largest absolute Gasteiger partial charge is 0.303 e. The molecule has 0 N–H and O–H groups in total. The van der Waals surface area contributed by atoms with E-state index >= 15 is 0 Å². The molecule has 0 rings (SSSR count). The fraction of sp³-hybridized carbons (Fsp3) is 0.750. The number of hydrogen-bond donors (Lipinski definition) is 0. The maximum Gasteiger partial charge on any atom is 0.0810 e. The highest BCUT2D eigenvalue weighted by molar-refractivity contribution is 5.56. The molecule has 0 aromatic carbocycles. The van der Waals surface area contributed by atoms with E-state index in [2.05, 4.69) is 36.3 Å². The molecule has 2 heteroatoms. The van der Waals surface area contributed by atoms with Crippen molar-refractivity contribution in [2.45, 2.75) is 84.0 Å². The quantitative estimate of drug-likeness (QED) is 0.149. The molecular formula is C20H38N2. The SMILES string of the molecule is [2H]/C(CCC/C=C\CCCC/C=C\CCCCCC)=N\N(C)C. The van der Waals surface area contributed by atoms with Crippen molar-refractivity contribution in [2.75, 3.05) is 14.1 Å². The molecule has 0 unspecified atom stereocenters. The van der Waals surface area contributed by atoms with Crippen LogP contribution >= 0.6 is 0 Å². The standard InChI is InChI=1S/C20H38N2/c1-4-5-6-7-8-9-10-11-12-13-14-15-16-17-18-19-20-21-22(2)3/h9-10,15-16,20H,4-8,11-14,17-19H2,1-3H3/b10-9-,16-15-,21-20+/i20D. The number of allylic oxidation sites excluding steroid dienone is 4. The van der Waals surface area contributed by atoms with Crippen LogP contribution in [0.2, 0.25) is 0 Å². The molecule has 22 heavy (non-hydrogen) atoms. The minimum atomic E-state index is 0.477. The number of nitrogens with zero attached hydrogens (tertiary/aromatic N) is 2. The number of hydrogen-bond acceptors (Lipinski definition) is 2. The summed E-state index contributed by atoms with van der Waals surface area (Å²) in [6.45, 7) is 2.26. The number of unbranched alkanes of at least 4 members (excludes halogenated alkanes) is 8. The lowest BCUT2D eigenvalue weighted by Crippen LogP contribution is -2.01. The van der Waals surface area contributed by atoms with Gasteiger partial charge in [-0.15, -0.1) is 0 Å². The zero-order valence-electron chi connectivity index (χ0n) is 16.2. The lowest BCUT2D eigenvalue weighted by Gasteiger charge is -2.01. The van der Waals surface area contributed by atoms with Gasteiger partial charge in [-0.05, 0) is 57.8 Å². The molecule has 0 saturated carbocycles. The summed E-state index contributed by atoms with van der Waals surface area (Å²) in [6.07, 6.45) is 24.3. The zero-order chi connectivity index (χ0) is 17.2. The molecule has 0 aliphatic rings. The molecule has 0 aromatic rings. The topological polar surface area (TPSA) is 15.6 Å². The van der Waals surface area contributed by atoms with E-state index in [1.165, 1.54) is 57.8 Å². The van der Waals surface area contributed by atoms with Crippen molar-refractivity contribution >= 4 is 6.19 Å². The predicted octanol–water partition coefficient (Wildman–Crippen LogP) is 6.35. The van der Waals surface area contributed by atoms with Crippen molar-refractivity contribution in [3.8, 4) is 0 Å². The molecule has 0 saturated heterocycles. The van der Waals surface area contributed by atoms with Crippen LogP contribution in [0.15, 0.2) is 29.4 Å². The van der Waals surface area contributed by atoms with Gasteiger partial charge >= 0.3 is 0 Å². The Bertz CT molecular complexity index is 333. The minimum absolute atomic E-state index is 0.477. The molecule has 0 fully saturated rings. The van der Waals surface area contributed by atoms with E-state index in [0.29, 0.717) is 6.19 Å². The first-order valence-corrected chi connectivity index (χ1v) is 9.18. The van der Waals surface area contributed by atoms with Crippen molar-refractivity contribution in [1.29, 1.82) is 0 Å². The molecule has 0 heterocycles. The summed E-state index contributed by atoms with van der Waals surface area (Å²) in [7, 11) is 3.71. The summed E-state index contributed by atoms with van der Waals surface area (Å²) >= 11 is 0. The van der Waals surface area contributed by atoms with Crippen molar-refractivity contribution in [1.82, 2.24) is 5.01 Å².